The SMILES string of the molecule is CCc1cn(-c2ccc(Cl)c(Cl)c2)nc(C(=O)OC)c1=O. The molecule has 7 heteroatoms. The van der Waals surface area contributed by atoms with Crippen molar-refractivity contribution in [1.82, 2.24) is 9.78 Å². The first-order valence-electron chi connectivity index (χ1n) is 6.14. The lowest BCUT2D eigenvalue weighted by molar-refractivity contribution is 0.0590. The molecule has 1 heterocycles. The topological polar surface area (TPSA) is 61.2 Å². The standard InChI is InChI=1S/C14H12Cl2N2O3/c1-3-8-7-18(9-4-5-10(15)11(16)6-9)17-12(13(8)19)14(20)21-2/h4-7H,3H2,1-2H3. The van der Waals surface area contributed by atoms with E-state index in [0.717, 1.165) is 0 Å². The van der Waals surface area contributed by atoms with Gasteiger partial charge in [-0.3, -0.25) is 4.79 Å². The largest absolute Gasteiger partial charge is 0.464 e. The van der Waals surface area contributed by atoms with Gasteiger partial charge in [-0.1, -0.05) is 30.1 Å². The monoisotopic (exact) mass is 326 g/mol. The number of esters is 1. The normalized spacial score (nSPS) is 10.5. The van der Waals surface area contributed by atoms with Crippen LogP contribution in [0, 0.1) is 0 Å². The molecule has 0 aliphatic rings. The van der Waals surface area contributed by atoms with Crippen LogP contribution in [0.4, 0.5) is 0 Å². The minimum Gasteiger partial charge on any atom is -0.464 e. The number of hydrogen-bond acceptors (Lipinski definition) is 4. The first-order valence-corrected chi connectivity index (χ1v) is 6.90. The van der Waals surface area contributed by atoms with Gasteiger partial charge in [0.1, 0.15) is 0 Å². The van der Waals surface area contributed by atoms with Crippen LogP contribution in [-0.4, -0.2) is 22.9 Å². The minimum atomic E-state index is -0.774. The van der Waals surface area contributed by atoms with Crippen LogP contribution < -0.4 is 5.43 Å². The van der Waals surface area contributed by atoms with Crippen molar-refractivity contribution in [3.63, 3.8) is 0 Å². The lowest BCUT2D eigenvalue weighted by atomic mass is 10.2. The number of hydrogen-bond donors (Lipinski definition) is 0. The summed E-state index contributed by atoms with van der Waals surface area (Å²) in [7, 11) is 1.20. The van der Waals surface area contributed by atoms with Crippen molar-refractivity contribution in [2.45, 2.75) is 13.3 Å². The Morgan fingerprint density at radius 2 is 2.05 bits per heavy atom. The highest BCUT2D eigenvalue weighted by Gasteiger charge is 2.17. The number of halogens is 2. The molecule has 0 fully saturated rings. The summed E-state index contributed by atoms with van der Waals surface area (Å²) in [6.07, 6.45) is 2.03. The third kappa shape index (κ3) is 3.09. The van der Waals surface area contributed by atoms with Crippen molar-refractivity contribution >= 4 is 29.2 Å². The van der Waals surface area contributed by atoms with Gasteiger partial charge in [0.25, 0.3) is 0 Å². The van der Waals surface area contributed by atoms with Crippen molar-refractivity contribution < 1.29 is 9.53 Å². The number of methoxy groups -OCH3 is 1. The van der Waals surface area contributed by atoms with E-state index in [1.165, 1.54) is 11.8 Å². The molecule has 0 aliphatic heterocycles. The zero-order valence-electron chi connectivity index (χ0n) is 11.4. The maximum Gasteiger partial charge on any atom is 0.362 e. The Morgan fingerprint density at radius 3 is 2.62 bits per heavy atom. The lowest BCUT2D eigenvalue weighted by Crippen LogP contribution is -2.25. The third-order valence-electron chi connectivity index (χ3n) is 2.92. The van der Waals surface area contributed by atoms with Crippen LogP contribution in [0.25, 0.3) is 5.69 Å². The van der Waals surface area contributed by atoms with Crippen molar-refractivity contribution in [2.24, 2.45) is 0 Å². The number of aryl methyl sites for hydroxylation is 1. The van der Waals surface area contributed by atoms with Gasteiger partial charge in [0.2, 0.25) is 11.1 Å². The predicted octanol–water partition coefficient (Wildman–Crippen LogP) is 2.89. The average molecular weight is 327 g/mol. The van der Waals surface area contributed by atoms with E-state index in [1.54, 1.807) is 24.4 Å². The highest BCUT2D eigenvalue weighted by atomic mass is 35.5. The van der Waals surface area contributed by atoms with E-state index in [0.29, 0.717) is 27.7 Å². The van der Waals surface area contributed by atoms with Gasteiger partial charge in [0, 0.05) is 11.8 Å². The van der Waals surface area contributed by atoms with E-state index in [-0.39, 0.29) is 5.69 Å². The van der Waals surface area contributed by atoms with Crippen molar-refractivity contribution in [3.8, 4) is 5.69 Å². The molecule has 0 aliphatic carbocycles. The Labute approximate surface area is 131 Å². The summed E-state index contributed by atoms with van der Waals surface area (Å²) in [6.45, 7) is 1.82. The van der Waals surface area contributed by atoms with Gasteiger partial charge in [-0.15, -0.1) is 0 Å². The summed E-state index contributed by atoms with van der Waals surface area (Å²) in [5.41, 5.74) is 0.351. The molecular weight excluding hydrogens is 315 g/mol. The van der Waals surface area contributed by atoms with Gasteiger partial charge in [-0.25, -0.2) is 9.48 Å². The molecule has 0 radical (unpaired) electrons. The molecule has 0 saturated carbocycles. The number of carbonyl (C=O) groups is 1. The van der Waals surface area contributed by atoms with Crippen LogP contribution in [0.2, 0.25) is 10.0 Å². The molecule has 0 spiro atoms. The Bertz CT molecular complexity index is 756. The number of ether oxygens (including phenoxy) is 1. The Hall–Kier alpha value is -1.85. The molecule has 0 bridgehead atoms. The Kier molecular flexibility index (Phi) is 4.65. The number of carbonyl (C=O) groups excluding carboxylic acids is 1. The molecule has 0 N–H and O–H groups in total. The van der Waals surface area contributed by atoms with E-state index >= 15 is 0 Å². The minimum absolute atomic E-state index is 0.261. The van der Waals surface area contributed by atoms with E-state index in [1.807, 2.05) is 6.92 Å². The van der Waals surface area contributed by atoms with E-state index < -0.39 is 11.4 Å². The second-order valence-electron chi connectivity index (χ2n) is 4.22. The van der Waals surface area contributed by atoms with Crippen LogP contribution >= 0.6 is 23.2 Å². The summed E-state index contributed by atoms with van der Waals surface area (Å²) in [5.74, 6) is -0.774. The molecule has 0 atom stereocenters. The fourth-order valence-corrected chi connectivity index (χ4v) is 2.07. The second-order valence-corrected chi connectivity index (χ2v) is 5.03. The zero-order valence-corrected chi connectivity index (χ0v) is 12.9. The van der Waals surface area contributed by atoms with Gasteiger partial charge < -0.3 is 4.74 Å². The molecule has 1 aromatic carbocycles. The Balaban J connectivity index is 2.66. The second kappa shape index (κ2) is 6.28. The molecule has 2 aromatic rings. The van der Waals surface area contributed by atoms with E-state index in [9.17, 15) is 9.59 Å². The first-order chi connectivity index (χ1) is 9.97. The van der Waals surface area contributed by atoms with Gasteiger partial charge >= 0.3 is 5.97 Å². The van der Waals surface area contributed by atoms with Crippen LogP contribution in [0.15, 0.2) is 29.2 Å². The third-order valence-corrected chi connectivity index (χ3v) is 3.66. The summed E-state index contributed by atoms with van der Waals surface area (Å²) in [6, 6.07) is 4.90. The molecule has 0 unspecified atom stereocenters. The van der Waals surface area contributed by atoms with Gasteiger partial charge in [0.15, 0.2) is 0 Å². The van der Waals surface area contributed by atoms with Crippen LogP contribution in [0.1, 0.15) is 23.0 Å². The Morgan fingerprint density at radius 1 is 1.33 bits per heavy atom. The molecular formula is C14H12Cl2N2O3. The van der Waals surface area contributed by atoms with Crippen LogP contribution in [-0.2, 0) is 11.2 Å². The zero-order chi connectivity index (χ0) is 15.6. The number of rotatable bonds is 3. The quantitative estimate of drug-likeness (QED) is 0.813. The molecule has 110 valence electrons. The number of benzene rings is 1. The lowest BCUT2D eigenvalue weighted by Gasteiger charge is -2.10. The maximum absolute atomic E-state index is 12.1. The van der Waals surface area contributed by atoms with Crippen LogP contribution in [0.5, 0.6) is 0 Å². The summed E-state index contributed by atoms with van der Waals surface area (Å²) >= 11 is 11.8. The molecule has 0 amide bonds. The van der Waals surface area contributed by atoms with Crippen molar-refractivity contribution in [2.75, 3.05) is 7.11 Å². The van der Waals surface area contributed by atoms with E-state index in [4.69, 9.17) is 23.2 Å². The molecule has 0 saturated heterocycles. The fraction of sp³-hybridized carbons (Fsp3) is 0.214. The smallest absolute Gasteiger partial charge is 0.362 e. The maximum atomic E-state index is 12.1. The van der Waals surface area contributed by atoms with Crippen molar-refractivity contribution in [3.05, 3.63) is 55.9 Å². The van der Waals surface area contributed by atoms with Crippen molar-refractivity contribution in [1.29, 1.82) is 0 Å². The molecule has 1 aromatic heterocycles. The highest BCUT2D eigenvalue weighted by Crippen LogP contribution is 2.24. The van der Waals surface area contributed by atoms with Gasteiger partial charge in [0.05, 0.1) is 22.8 Å². The van der Waals surface area contributed by atoms with E-state index in [2.05, 4.69) is 9.84 Å². The van der Waals surface area contributed by atoms with Gasteiger partial charge in [-0.2, -0.15) is 5.10 Å². The summed E-state index contributed by atoms with van der Waals surface area (Å²) in [4.78, 5) is 23.7. The molecule has 5 nitrogen and oxygen atoms in total. The summed E-state index contributed by atoms with van der Waals surface area (Å²) < 4.78 is 6.00. The van der Waals surface area contributed by atoms with Crippen LogP contribution in [0.3, 0.4) is 0 Å². The number of aromatic nitrogens is 2. The predicted molar refractivity (Wildman–Crippen MR) is 80.6 cm³/mol. The molecule has 2 rings (SSSR count). The summed E-state index contributed by atoms with van der Waals surface area (Å²) in [5, 5.41) is 4.78. The number of nitrogens with zero attached hydrogens (tertiary/aromatic N) is 2. The highest BCUT2D eigenvalue weighted by molar-refractivity contribution is 6.42. The fourth-order valence-electron chi connectivity index (χ4n) is 1.78. The van der Waals surface area contributed by atoms with Gasteiger partial charge in [-0.05, 0) is 24.6 Å². The molecule has 21 heavy (non-hydrogen) atoms. The first kappa shape index (κ1) is 15.5. The average Bonchev–Trinajstić information content (AvgIpc) is 2.49.